The smallest absolute Gasteiger partial charge is 0.208 e. The van der Waals surface area contributed by atoms with Gasteiger partial charge < -0.3 is 14.8 Å². The fourth-order valence-corrected chi connectivity index (χ4v) is 7.70. The number of carbonyl (C=O) groups is 1. The van der Waals surface area contributed by atoms with E-state index in [1.165, 1.54) is 103 Å². The number of carbonyl (C=O) groups excluding carboxylic acids is 1. The number of hydrogen-bond donors (Lipinski definition) is 1. The van der Waals surface area contributed by atoms with Crippen molar-refractivity contribution in [3.8, 4) is 0 Å². The number of fused-ring (bicyclic) bond motifs is 1. The first kappa shape index (κ1) is 25.1. The molecule has 0 aromatic carbocycles. The van der Waals surface area contributed by atoms with Gasteiger partial charge in [0.15, 0.2) is 23.6 Å². The molecule has 37 heavy (non-hydrogen) atoms. The summed E-state index contributed by atoms with van der Waals surface area (Å²) in [5.74, 6) is 4.26. The summed E-state index contributed by atoms with van der Waals surface area (Å²) in [7, 11) is 0. The fourth-order valence-electron chi connectivity index (χ4n) is 7.70. The van der Waals surface area contributed by atoms with E-state index in [1.54, 1.807) is 0 Å². The van der Waals surface area contributed by atoms with Crippen LogP contribution in [0.3, 0.4) is 0 Å². The summed E-state index contributed by atoms with van der Waals surface area (Å²) in [4.78, 5) is 29.2. The average Bonchev–Trinajstić information content (AvgIpc) is 3.26. The van der Waals surface area contributed by atoms with Crippen LogP contribution in [0.1, 0.15) is 120 Å². The van der Waals surface area contributed by atoms with Gasteiger partial charge in [0.2, 0.25) is 5.95 Å². The van der Waals surface area contributed by atoms with Gasteiger partial charge in [0.25, 0.3) is 0 Å². The minimum absolute atomic E-state index is 0.243. The zero-order valence-corrected chi connectivity index (χ0v) is 22.8. The fraction of sp³-hybridized carbons (Fsp3) is 0.800. The quantitative estimate of drug-likeness (QED) is 0.399. The number of aromatic nitrogens is 4. The van der Waals surface area contributed by atoms with E-state index in [9.17, 15) is 4.79 Å². The van der Waals surface area contributed by atoms with Crippen LogP contribution in [-0.4, -0.2) is 44.4 Å². The number of anilines is 2. The molecule has 0 amide bonds. The highest BCUT2D eigenvalue weighted by Crippen LogP contribution is 2.39. The molecule has 2 aromatic heterocycles. The molecule has 3 aliphatic carbocycles. The second kappa shape index (κ2) is 11.3. The normalized spacial score (nSPS) is 25.2. The SMILES string of the molecule is CC(Nc1nc(C=O)nc2nc(N3CCCCC3C3CCCCC3)n(CC3CCCCC3)c12)C1CCC1. The number of piperidine rings is 1. The Balaban J connectivity index is 1.43. The average molecular weight is 507 g/mol. The molecular formula is C30H46N6O. The molecule has 1 aliphatic heterocycles. The lowest BCUT2D eigenvalue weighted by Crippen LogP contribution is -2.46. The van der Waals surface area contributed by atoms with E-state index in [2.05, 4.69) is 26.7 Å². The Hall–Kier alpha value is -2.18. The van der Waals surface area contributed by atoms with Gasteiger partial charge >= 0.3 is 0 Å². The van der Waals surface area contributed by atoms with Gasteiger partial charge in [0, 0.05) is 25.2 Å². The molecule has 0 bridgehead atoms. The Morgan fingerprint density at radius 2 is 1.59 bits per heavy atom. The van der Waals surface area contributed by atoms with E-state index in [0.717, 1.165) is 42.6 Å². The Bertz CT molecular complexity index is 1070. The van der Waals surface area contributed by atoms with E-state index >= 15 is 0 Å². The van der Waals surface area contributed by atoms with E-state index in [-0.39, 0.29) is 5.82 Å². The molecule has 1 saturated heterocycles. The summed E-state index contributed by atoms with van der Waals surface area (Å²) >= 11 is 0. The van der Waals surface area contributed by atoms with Gasteiger partial charge in [-0.3, -0.25) is 4.79 Å². The number of nitrogens with one attached hydrogen (secondary N) is 1. The van der Waals surface area contributed by atoms with Crippen molar-refractivity contribution in [1.29, 1.82) is 0 Å². The Morgan fingerprint density at radius 3 is 2.30 bits per heavy atom. The topological polar surface area (TPSA) is 75.9 Å². The molecule has 3 saturated carbocycles. The number of hydrogen-bond acceptors (Lipinski definition) is 6. The molecule has 1 N–H and O–H groups in total. The third-order valence-electron chi connectivity index (χ3n) is 10.1. The molecule has 6 rings (SSSR count). The van der Waals surface area contributed by atoms with Crippen LogP contribution in [0.2, 0.25) is 0 Å². The van der Waals surface area contributed by atoms with Crippen LogP contribution >= 0.6 is 0 Å². The van der Waals surface area contributed by atoms with Gasteiger partial charge in [-0.05, 0) is 82.5 Å². The maximum atomic E-state index is 11.9. The standard InChI is InChI=1S/C30H46N6O/c1-21(23-15-10-16-23)31-28-27-29(33-26(20-37)32-28)34-30(36(27)19-22-11-4-2-5-12-22)35-18-9-8-17-25(35)24-13-6-3-7-14-24/h20-25H,2-19H2,1H3,(H,31,32,33). The van der Waals surface area contributed by atoms with Gasteiger partial charge in [-0.2, -0.15) is 4.98 Å². The van der Waals surface area contributed by atoms with Gasteiger partial charge in [0.1, 0.15) is 5.52 Å². The van der Waals surface area contributed by atoms with Gasteiger partial charge in [-0.15, -0.1) is 0 Å². The minimum atomic E-state index is 0.243. The zero-order chi connectivity index (χ0) is 25.2. The second-order valence-electron chi connectivity index (χ2n) is 12.5. The van der Waals surface area contributed by atoms with Crippen molar-refractivity contribution >= 4 is 29.2 Å². The van der Waals surface area contributed by atoms with Crippen LogP contribution in [0.5, 0.6) is 0 Å². The van der Waals surface area contributed by atoms with Gasteiger partial charge in [-0.25, -0.2) is 9.97 Å². The van der Waals surface area contributed by atoms with Crippen molar-refractivity contribution < 1.29 is 4.79 Å². The first-order valence-electron chi connectivity index (χ1n) is 15.5. The van der Waals surface area contributed by atoms with E-state index < -0.39 is 0 Å². The highest BCUT2D eigenvalue weighted by molar-refractivity contribution is 5.88. The Kier molecular flexibility index (Phi) is 7.66. The van der Waals surface area contributed by atoms with Crippen molar-refractivity contribution in [3.63, 3.8) is 0 Å². The number of imidazole rings is 1. The molecule has 4 aliphatic rings. The molecule has 202 valence electrons. The van der Waals surface area contributed by atoms with Crippen molar-refractivity contribution in [2.45, 2.75) is 128 Å². The lowest BCUT2D eigenvalue weighted by Gasteiger charge is -2.42. The number of nitrogens with zero attached hydrogens (tertiary/aromatic N) is 5. The predicted octanol–water partition coefficient (Wildman–Crippen LogP) is 6.76. The molecule has 0 spiro atoms. The summed E-state index contributed by atoms with van der Waals surface area (Å²) in [5.41, 5.74) is 1.71. The van der Waals surface area contributed by atoms with Crippen molar-refractivity contribution in [3.05, 3.63) is 5.82 Å². The molecular weight excluding hydrogens is 460 g/mol. The number of aldehydes is 1. The molecule has 2 aromatic rings. The van der Waals surface area contributed by atoms with E-state index in [0.29, 0.717) is 29.6 Å². The van der Waals surface area contributed by atoms with Crippen LogP contribution in [0.25, 0.3) is 11.2 Å². The zero-order valence-electron chi connectivity index (χ0n) is 22.8. The molecule has 4 fully saturated rings. The van der Waals surface area contributed by atoms with Gasteiger partial charge in [0.05, 0.1) is 0 Å². The highest BCUT2D eigenvalue weighted by atomic mass is 16.1. The molecule has 3 heterocycles. The van der Waals surface area contributed by atoms with Crippen LogP contribution in [0, 0.1) is 17.8 Å². The van der Waals surface area contributed by atoms with Crippen molar-refractivity contribution in [1.82, 2.24) is 19.5 Å². The number of rotatable bonds is 8. The second-order valence-corrected chi connectivity index (χ2v) is 12.5. The summed E-state index contributed by atoms with van der Waals surface area (Å²) in [6, 6.07) is 0.901. The summed E-state index contributed by atoms with van der Waals surface area (Å²) in [6.45, 7) is 4.32. The Morgan fingerprint density at radius 1 is 0.865 bits per heavy atom. The largest absolute Gasteiger partial charge is 0.365 e. The lowest BCUT2D eigenvalue weighted by atomic mass is 9.80. The van der Waals surface area contributed by atoms with Crippen molar-refractivity contribution in [2.24, 2.45) is 17.8 Å². The lowest BCUT2D eigenvalue weighted by molar-refractivity contribution is 0.111. The Labute approximate surface area is 222 Å². The molecule has 7 nitrogen and oxygen atoms in total. The molecule has 2 unspecified atom stereocenters. The maximum Gasteiger partial charge on any atom is 0.208 e. The summed E-state index contributed by atoms with van der Waals surface area (Å²) < 4.78 is 2.48. The van der Waals surface area contributed by atoms with Crippen LogP contribution in [0.4, 0.5) is 11.8 Å². The third kappa shape index (κ3) is 5.24. The first-order chi connectivity index (χ1) is 18.2. The molecule has 0 radical (unpaired) electrons. The monoisotopic (exact) mass is 506 g/mol. The highest BCUT2D eigenvalue weighted by Gasteiger charge is 2.35. The van der Waals surface area contributed by atoms with Crippen molar-refractivity contribution in [2.75, 3.05) is 16.8 Å². The van der Waals surface area contributed by atoms with Crippen LogP contribution in [0.15, 0.2) is 0 Å². The van der Waals surface area contributed by atoms with Crippen LogP contribution in [-0.2, 0) is 6.54 Å². The van der Waals surface area contributed by atoms with E-state index in [1.807, 2.05) is 0 Å². The first-order valence-corrected chi connectivity index (χ1v) is 15.5. The van der Waals surface area contributed by atoms with E-state index in [4.69, 9.17) is 9.97 Å². The maximum absolute atomic E-state index is 11.9. The molecule has 7 heteroatoms. The predicted molar refractivity (Wildman–Crippen MR) is 149 cm³/mol. The van der Waals surface area contributed by atoms with Gasteiger partial charge in [-0.1, -0.05) is 44.9 Å². The summed E-state index contributed by atoms with van der Waals surface area (Å²) in [5, 5.41) is 3.74. The van der Waals surface area contributed by atoms with Crippen LogP contribution < -0.4 is 10.2 Å². The molecule has 2 atom stereocenters. The summed E-state index contributed by atoms with van der Waals surface area (Å²) in [6.07, 6.45) is 21.9. The third-order valence-corrected chi connectivity index (χ3v) is 10.1. The minimum Gasteiger partial charge on any atom is -0.365 e.